The van der Waals surface area contributed by atoms with Crippen LogP contribution in [0.15, 0.2) is 24.3 Å². The first kappa shape index (κ1) is 18.2. The van der Waals surface area contributed by atoms with Crippen LogP contribution in [0.2, 0.25) is 0 Å². The van der Waals surface area contributed by atoms with Crippen molar-refractivity contribution in [2.45, 2.75) is 19.4 Å². The molecule has 1 amide bonds. The molecule has 1 aromatic rings. The first-order chi connectivity index (χ1) is 11.6. The minimum atomic E-state index is -0.554. The van der Waals surface area contributed by atoms with Crippen molar-refractivity contribution in [1.82, 2.24) is 15.1 Å². The molecule has 0 bridgehead atoms. The average Bonchev–Trinajstić information content (AvgIpc) is 2.60. The van der Waals surface area contributed by atoms with Crippen molar-refractivity contribution >= 4 is 5.91 Å². The highest BCUT2D eigenvalue weighted by molar-refractivity contribution is 5.80. The molecule has 1 saturated heterocycles. The summed E-state index contributed by atoms with van der Waals surface area (Å²) in [5.74, 6) is 0.479. The Kier molecular flexibility index (Phi) is 7.04. The van der Waals surface area contributed by atoms with E-state index >= 15 is 0 Å². The molecular weight excluding hydrogens is 304 g/mol. The third kappa shape index (κ3) is 5.84. The standard InChI is InChI=1S/C18H26N4O2/c1-15(24-17-6-4-16(14-19)5-7-17)18(23)20-8-3-9-22-12-10-21(2)11-13-22/h4-7,15H,3,8-13H2,1-2H3,(H,20,23). The van der Waals surface area contributed by atoms with Crippen LogP contribution in [-0.4, -0.2) is 68.1 Å². The number of ether oxygens (including phenoxy) is 1. The molecule has 130 valence electrons. The molecule has 6 nitrogen and oxygen atoms in total. The number of rotatable bonds is 7. The first-order valence-electron chi connectivity index (χ1n) is 8.44. The maximum atomic E-state index is 12.1. The number of nitrogens with one attached hydrogen (secondary N) is 1. The fourth-order valence-electron chi connectivity index (χ4n) is 2.60. The van der Waals surface area contributed by atoms with E-state index in [0.29, 0.717) is 17.9 Å². The number of piperazine rings is 1. The Balaban J connectivity index is 1.63. The van der Waals surface area contributed by atoms with Crippen molar-refractivity contribution in [3.8, 4) is 11.8 Å². The van der Waals surface area contributed by atoms with Gasteiger partial charge in [0, 0.05) is 32.7 Å². The Morgan fingerprint density at radius 1 is 1.29 bits per heavy atom. The molecule has 24 heavy (non-hydrogen) atoms. The molecule has 1 fully saturated rings. The van der Waals surface area contributed by atoms with Crippen molar-refractivity contribution < 1.29 is 9.53 Å². The van der Waals surface area contributed by atoms with Crippen LogP contribution in [-0.2, 0) is 4.79 Å². The Morgan fingerprint density at radius 3 is 2.58 bits per heavy atom. The second kappa shape index (κ2) is 9.26. The molecule has 1 aromatic carbocycles. The van der Waals surface area contributed by atoms with Gasteiger partial charge in [0.15, 0.2) is 6.10 Å². The normalized spacial score (nSPS) is 17.0. The molecule has 1 atom stereocenters. The Morgan fingerprint density at radius 2 is 1.96 bits per heavy atom. The van der Waals surface area contributed by atoms with E-state index in [9.17, 15) is 4.79 Å². The topological polar surface area (TPSA) is 68.6 Å². The molecule has 0 aromatic heterocycles. The van der Waals surface area contributed by atoms with Gasteiger partial charge in [0.1, 0.15) is 5.75 Å². The summed E-state index contributed by atoms with van der Waals surface area (Å²) in [5.41, 5.74) is 0.573. The van der Waals surface area contributed by atoms with Crippen molar-refractivity contribution in [2.24, 2.45) is 0 Å². The number of hydrogen-bond acceptors (Lipinski definition) is 5. The molecule has 1 heterocycles. The summed E-state index contributed by atoms with van der Waals surface area (Å²) in [5, 5.41) is 11.7. The van der Waals surface area contributed by atoms with Crippen LogP contribution >= 0.6 is 0 Å². The van der Waals surface area contributed by atoms with Gasteiger partial charge in [0.2, 0.25) is 0 Å². The van der Waals surface area contributed by atoms with E-state index in [1.807, 2.05) is 0 Å². The zero-order valence-electron chi connectivity index (χ0n) is 14.5. The van der Waals surface area contributed by atoms with Crippen molar-refractivity contribution in [3.05, 3.63) is 29.8 Å². The Hall–Kier alpha value is -2.10. The zero-order valence-corrected chi connectivity index (χ0v) is 14.5. The fraction of sp³-hybridized carbons (Fsp3) is 0.556. The third-order valence-electron chi connectivity index (χ3n) is 4.21. The van der Waals surface area contributed by atoms with E-state index < -0.39 is 6.10 Å². The number of carbonyl (C=O) groups is 1. The van der Waals surface area contributed by atoms with Gasteiger partial charge in [-0.1, -0.05) is 0 Å². The molecule has 1 N–H and O–H groups in total. The van der Waals surface area contributed by atoms with Gasteiger partial charge in [-0.3, -0.25) is 4.79 Å². The summed E-state index contributed by atoms with van der Waals surface area (Å²) in [6, 6.07) is 8.81. The minimum absolute atomic E-state index is 0.113. The van der Waals surface area contributed by atoms with Crippen molar-refractivity contribution in [1.29, 1.82) is 5.26 Å². The van der Waals surface area contributed by atoms with E-state index in [2.05, 4.69) is 28.2 Å². The first-order valence-corrected chi connectivity index (χ1v) is 8.44. The maximum Gasteiger partial charge on any atom is 0.260 e. The summed E-state index contributed by atoms with van der Waals surface area (Å²) in [7, 11) is 2.15. The predicted octanol–water partition coefficient (Wildman–Crippen LogP) is 1.08. The number of carbonyl (C=O) groups excluding carboxylic acids is 1. The van der Waals surface area contributed by atoms with Crippen molar-refractivity contribution in [2.75, 3.05) is 46.3 Å². The second-order valence-electron chi connectivity index (χ2n) is 6.19. The number of likely N-dealkylation sites (N-methyl/N-ethyl adjacent to an activating group) is 1. The summed E-state index contributed by atoms with van der Waals surface area (Å²) in [4.78, 5) is 16.8. The smallest absolute Gasteiger partial charge is 0.260 e. The molecule has 1 unspecified atom stereocenters. The molecule has 0 spiro atoms. The largest absolute Gasteiger partial charge is 0.481 e. The van der Waals surface area contributed by atoms with Gasteiger partial charge in [-0.2, -0.15) is 5.26 Å². The van der Waals surface area contributed by atoms with E-state index in [-0.39, 0.29) is 5.91 Å². The molecule has 6 heteroatoms. The lowest BCUT2D eigenvalue weighted by atomic mass is 10.2. The van der Waals surface area contributed by atoms with Gasteiger partial charge in [-0.05, 0) is 51.2 Å². The lowest BCUT2D eigenvalue weighted by Crippen LogP contribution is -2.45. The van der Waals surface area contributed by atoms with E-state index in [1.165, 1.54) is 0 Å². The summed E-state index contributed by atoms with van der Waals surface area (Å²) < 4.78 is 5.60. The highest BCUT2D eigenvalue weighted by Gasteiger charge is 2.15. The minimum Gasteiger partial charge on any atom is -0.481 e. The average molecular weight is 330 g/mol. The van der Waals surface area contributed by atoms with E-state index in [0.717, 1.165) is 39.1 Å². The summed E-state index contributed by atoms with van der Waals surface area (Å²) >= 11 is 0. The monoisotopic (exact) mass is 330 g/mol. The van der Waals surface area contributed by atoms with Crippen LogP contribution in [0.1, 0.15) is 18.9 Å². The number of nitriles is 1. The van der Waals surface area contributed by atoms with Gasteiger partial charge in [0.05, 0.1) is 11.6 Å². The third-order valence-corrected chi connectivity index (χ3v) is 4.21. The second-order valence-corrected chi connectivity index (χ2v) is 6.19. The number of amides is 1. The van der Waals surface area contributed by atoms with Crippen LogP contribution in [0.3, 0.4) is 0 Å². The lowest BCUT2D eigenvalue weighted by molar-refractivity contribution is -0.127. The van der Waals surface area contributed by atoms with Crippen LogP contribution in [0.4, 0.5) is 0 Å². The van der Waals surface area contributed by atoms with E-state index in [1.54, 1.807) is 31.2 Å². The SMILES string of the molecule is CC(Oc1ccc(C#N)cc1)C(=O)NCCCN1CCN(C)CC1. The molecule has 1 aliphatic heterocycles. The van der Waals surface area contributed by atoms with Crippen molar-refractivity contribution in [3.63, 3.8) is 0 Å². The molecular formula is C18H26N4O2. The molecule has 1 aliphatic rings. The molecule has 0 saturated carbocycles. The van der Waals surface area contributed by atoms with Gasteiger partial charge >= 0.3 is 0 Å². The van der Waals surface area contributed by atoms with Crippen LogP contribution in [0, 0.1) is 11.3 Å². The quantitative estimate of drug-likeness (QED) is 0.758. The van der Waals surface area contributed by atoms with Crippen LogP contribution < -0.4 is 10.1 Å². The van der Waals surface area contributed by atoms with E-state index in [4.69, 9.17) is 10.00 Å². The molecule has 2 rings (SSSR count). The lowest BCUT2D eigenvalue weighted by Gasteiger charge is -2.32. The van der Waals surface area contributed by atoms with Gasteiger partial charge in [-0.15, -0.1) is 0 Å². The number of nitrogens with zero attached hydrogens (tertiary/aromatic N) is 3. The van der Waals surface area contributed by atoms with Gasteiger partial charge < -0.3 is 19.9 Å². The highest BCUT2D eigenvalue weighted by Crippen LogP contribution is 2.13. The molecule has 0 aliphatic carbocycles. The predicted molar refractivity (Wildman–Crippen MR) is 92.8 cm³/mol. The number of hydrogen-bond donors (Lipinski definition) is 1. The summed E-state index contributed by atoms with van der Waals surface area (Å²) in [6.45, 7) is 7.83. The maximum absolute atomic E-state index is 12.1. The Labute approximate surface area is 144 Å². The number of benzene rings is 1. The van der Waals surface area contributed by atoms with Crippen LogP contribution in [0.5, 0.6) is 5.75 Å². The fourth-order valence-corrected chi connectivity index (χ4v) is 2.60. The molecule has 0 radical (unpaired) electrons. The Bertz CT molecular complexity index is 559. The van der Waals surface area contributed by atoms with Gasteiger partial charge in [0.25, 0.3) is 5.91 Å². The summed E-state index contributed by atoms with van der Waals surface area (Å²) in [6.07, 6.45) is 0.389. The highest BCUT2D eigenvalue weighted by atomic mass is 16.5. The van der Waals surface area contributed by atoms with Gasteiger partial charge in [-0.25, -0.2) is 0 Å². The zero-order chi connectivity index (χ0) is 17.4. The van der Waals surface area contributed by atoms with Crippen LogP contribution in [0.25, 0.3) is 0 Å².